The van der Waals surface area contributed by atoms with E-state index in [4.69, 9.17) is 0 Å². The van der Waals surface area contributed by atoms with Crippen LogP contribution in [0.4, 0.5) is 8.78 Å². The topological polar surface area (TPSA) is 17.0 Å². The van der Waals surface area contributed by atoms with Crippen molar-refractivity contribution in [1.82, 2.24) is 9.88 Å². The summed E-state index contributed by atoms with van der Waals surface area (Å²) < 4.78 is 29.2. The summed E-state index contributed by atoms with van der Waals surface area (Å²) in [5, 5.41) is 3.60. The largest absolute Gasteiger partial charge is 0.337 e. The van der Waals surface area contributed by atoms with E-state index < -0.39 is 0 Å². The molecule has 0 bridgehead atoms. The van der Waals surface area contributed by atoms with Gasteiger partial charge in [0, 0.05) is 30.2 Å². The van der Waals surface area contributed by atoms with Crippen LogP contribution in [-0.4, -0.2) is 11.1 Å². The first kappa shape index (κ1) is 9.78. The molecule has 1 N–H and O–H groups in total. The van der Waals surface area contributed by atoms with Gasteiger partial charge in [0.25, 0.3) is 0 Å². The zero-order valence-corrected chi connectivity index (χ0v) is 8.93. The van der Waals surface area contributed by atoms with E-state index in [9.17, 15) is 8.78 Å². The molecule has 0 saturated carbocycles. The van der Waals surface area contributed by atoms with Gasteiger partial charge in [-0.2, -0.15) is 0 Å². The van der Waals surface area contributed by atoms with Gasteiger partial charge in [0.1, 0.15) is 11.6 Å². The van der Waals surface area contributed by atoms with Crippen LogP contribution in [0, 0.1) is 11.6 Å². The Morgan fingerprint density at radius 1 is 1.31 bits per heavy atom. The van der Waals surface area contributed by atoms with Crippen molar-refractivity contribution in [3.63, 3.8) is 0 Å². The Hall–Kier alpha value is -1.42. The molecule has 1 aliphatic heterocycles. The minimum absolute atomic E-state index is 0.151. The van der Waals surface area contributed by atoms with Crippen molar-refractivity contribution < 1.29 is 8.78 Å². The summed E-state index contributed by atoms with van der Waals surface area (Å²) in [5.74, 6) is -0.707. The van der Waals surface area contributed by atoms with E-state index in [1.54, 1.807) is 6.07 Å². The van der Waals surface area contributed by atoms with Crippen molar-refractivity contribution in [3.8, 4) is 0 Å². The molecular weight excluding hydrogens is 210 g/mol. The fourth-order valence-corrected chi connectivity index (χ4v) is 2.46. The van der Waals surface area contributed by atoms with Crippen molar-refractivity contribution in [2.45, 2.75) is 19.5 Å². The lowest BCUT2D eigenvalue weighted by atomic mass is 10.2. The highest BCUT2D eigenvalue weighted by Gasteiger charge is 2.21. The number of nitrogens with zero attached hydrogens (tertiary/aromatic N) is 1. The Bertz CT molecular complexity index is 560. The maximum absolute atomic E-state index is 13.8. The third-order valence-electron chi connectivity index (χ3n) is 3.16. The number of nitrogens with one attached hydrogen (secondary N) is 1. The van der Waals surface area contributed by atoms with Gasteiger partial charge in [-0.3, -0.25) is 0 Å². The number of halogens is 2. The second-order valence-electron chi connectivity index (χ2n) is 4.28. The quantitative estimate of drug-likeness (QED) is 0.725. The van der Waals surface area contributed by atoms with E-state index in [0.29, 0.717) is 17.4 Å². The van der Waals surface area contributed by atoms with E-state index in [0.717, 1.165) is 12.2 Å². The van der Waals surface area contributed by atoms with Gasteiger partial charge in [-0.25, -0.2) is 8.78 Å². The molecule has 2 aromatic rings. The first-order chi connectivity index (χ1) is 7.68. The van der Waals surface area contributed by atoms with E-state index in [1.807, 2.05) is 11.5 Å². The molecule has 4 heteroatoms. The molecule has 2 heterocycles. The van der Waals surface area contributed by atoms with Crippen molar-refractivity contribution in [1.29, 1.82) is 0 Å². The van der Waals surface area contributed by atoms with Crippen LogP contribution in [0.25, 0.3) is 10.9 Å². The fraction of sp³-hybridized carbons (Fsp3) is 0.333. The summed E-state index contributed by atoms with van der Waals surface area (Å²) >= 11 is 0. The lowest BCUT2D eigenvalue weighted by molar-refractivity contribution is 0.435. The number of fused-ring (bicyclic) bond motifs is 3. The van der Waals surface area contributed by atoms with Crippen molar-refractivity contribution in [3.05, 3.63) is 35.5 Å². The van der Waals surface area contributed by atoms with Gasteiger partial charge in [-0.15, -0.1) is 0 Å². The van der Waals surface area contributed by atoms with Crippen LogP contribution in [0.3, 0.4) is 0 Å². The summed E-state index contributed by atoms with van der Waals surface area (Å²) in [4.78, 5) is 0. The predicted molar refractivity (Wildman–Crippen MR) is 58.3 cm³/mol. The Balaban J connectivity index is 2.42. The minimum atomic E-state index is -0.356. The Kier molecular flexibility index (Phi) is 2.01. The number of hydrogen-bond acceptors (Lipinski definition) is 1. The zero-order chi connectivity index (χ0) is 11.3. The predicted octanol–water partition coefficient (Wildman–Crippen LogP) is 2.58. The molecule has 1 unspecified atom stereocenters. The van der Waals surface area contributed by atoms with Gasteiger partial charge >= 0.3 is 0 Å². The third kappa shape index (κ3) is 1.19. The van der Waals surface area contributed by atoms with Crippen LogP contribution in [0.1, 0.15) is 18.7 Å². The van der Waals surface area contributed by atoms with Crippen molar-refractivity contribution in [2.24, 2.45) is 0 Å². The summed E-state index contributed by atoms with van der Waals surface area (Å²) in [7, 11) is 0. The molecule has 1 aliphatic rings. The monoisotopic (exact) mass is 222 g/mol. The normalized spacial score (nSPS) is 20.1. The maximum Gasteiger partial charge on any atom is 0.147 e. The van der Waals surface area contributed by atoms with E-state index in [-0.39, 0.29) is 17.7 Å². The first-order valence-electron chi connectivity index (χ1n) is 5.37. The maximum atomic E-state index is 13.8. The highest BCUT2D eigenvalue weighted by atomic mass is 19.1. The smallest absolute Gasteiger partial charge is 0.147 e. The fourth-order valence-electron chi connectivity index (χ4n) is 2.46. The van der Waals surface area contributed by atoms with Crippen LogP contribution in [-0.2, 0) is 6.54 Å². The molecule has 1 aromatic heterocycles. The second kappa shape index (κ2) is 3.28. The van der Waals surface area contributed by atoms with E-state index >= 15 is 0 Å². The first-order valence-corrected chi connectivity index (χ1v) is 5.37. The summed E-state index contributed by atoms with van der Waals surface area (Å²) in [5.41, 5.74) is 1.33. The van der Waals surface area contributed by atoms with Crippen LogP contribution in [0.5, 0.6) is 0 Å². The summed E-state index contributed by atoms with van der Waals surface area (Å²) in [6, 6.07) is 4.26. The Labute approximate surface area is 91.9 Å². The van der Waals surface area contributed by atoms with Crippen molar-refractivity contribution in [2.75, 3.05) is 6.54 Å². The van der Waals surface area contributed by atoms with Gasteiger partial charge in [-0.05, 0) is 25.1 Å². The average Bonchev–Trinajstić information content (AvgIpc) is 2.65. The SMILES string of the molecule is CC1CNCc2cc3c(F)ccc(F)c3n21. The van der Waals surface area contributed by atoms with Crippen molar-refractivity contribution >= 4 is 10.9 Å². The van der Waals surface area contributed by atoms with Gasteiger partial charge < -0.3 is 9.88 Å². The zero-order valence-electron chi connectivity index (χ0n) is 8.93. The lowest BCUT2D eigenvalue weighted by Gasteiger charge is -2.24. The van der Waals surface area contributed by atoms with Crippen LogP contribution < -0.4 is 5.32 Å². The standard InChI is InChI=1S/C12H12F2N2/c1-7-5-15-6-8-4-9-10(13)2-3-11(14)12(9)16(7)8/h2-4,7,15H,5-6H2,1H3. The van der Waals surface area contributed by atoms with Gasteiger partial charge in [-0.1, -0.05) is 0 Å². The van der Waals surface area contributed by atoms with Crippen LogP contribution in [0.2, 0.25) is 0 Å². The summed E-state index contributed by atoms with van der Waals surface area (Å²) in [6.07, 6.45) is 0. The van der Waals surface area contributed by atoms with Crippen LogP contribution >= 0.6 is 0 Å². The molecule has 84 valence electrons. The molecule has 0 aliphatic carbocycles. The van der Waals surface area contributed by atoms with Gasteiger partial charge in [0.2, 0.25) is 0 Å². The number of benzene rings is 1. The lowest BCUT2D eigenvalue weighted by Crippen LogP contribution is -2.31. The molecule has 2 nitrogen and oxygen atoms in total. The number of aromatic nitrogens is 1. The second-order valence-corrected chi connectivity index (χ2v) is 4.28. The summed E-state index contributed by atoms with van der Waals surface area (Å²) in [6.45, 7) is 3.45. The van der Waals surface area contributed by atoms with Gasteiger partial charge in [0.05, 0.1) is 5.52 Å². The van der Waals surface area contributed by atoms with Crippen LogP contribution in [0.15, 0.2) is 18.2 Å². The highest BCUT2D eigenvalue weighted by molar-refractivity contribution is 5.83. The highest BCUT2D eigenvalue weighted by Crippen LogP contribution is 2.30. The number of hydrogen-bond donors (Lipinski definition) is 1. The molecule has 0 radical (unpaired) electrons. The molecule has 1 aromatic carbocycles. The molecule has 0 spiro atoms. The molecular formula is C12H12F2N2. The molecule has 0 amide bonds. The van der Waals surface area contributed by atoms with E-state index in [2.05, 4.69) is 5.32 Å². The molecule has 0 fully saturated rings. The molecule has 0 saturated heterocycles. The Morgan fingerprint density at radius 2 is 2.06 bits per heavy atom. The minimum Gasteiger partial charge on any atom is -0.337 e. The molecule has 1 atom stereocenters. The Morgan fingerprint density at radius 3 is 2.88 bits per heavy atom. The number of rotatable bonds is 0. The molecule has 3 rings (SSSR count). The average molecular weight is 222 g/mol. The van der Waals surface area contributed by atoms with Gasteiger partial charge in [0.15, 0.2) is 0 Å². The van der Waals surface area contributed by atoms with E-state index in [1.165, 1.54) is 12.1 Å². The third-order valence-corrected chi connectivity index (χ3v) is 3.16. The molecule has 16 heavy (non-hydrogen) atoms.